The normalized spacial score (nSPS) is 10.3. The van der Waals surface area contributed by atoms with Crippen molar-refractivity contribution >= 4 is 40.8 Å². The van der Waals surface area contributed by atoms with Gasteiger partial charge in [0.2, 0.25) is 0 Å². The summed E-state index contributed by atoms with van der Waals surface area (Å²) in [7, 11) is 1.27. The topological polar surface area (TPSA) is 55.8 Å². The van der Waals surface area contributed by atoms with Gasteiger partial charge in [-0.3, -0.25) is 0 Å². The minimum absolute atomic E-state index is 0.123. The van der Waals surface area contributed by atoms with Crippen LogP contribution in [-0.2, 0) is 4.74 Å². The van der Waals surface area contributed by atoms with E-state index >= 15 is 0 Å². The molecule has 0 amide bonds. The Morgan fingerprint density at radius 3 is 2.19 bits per heavy atom. The quantitative estimate of drug-likeness (QED) is 0.384. The lowest BCUT2D eigenvalue weighted by Gasteiger charge is -2.23. The van der Waals surface area contributed by atoms with Crippen LogP contribution < -0.4 is 9.64 Å². The van der Waals surface area contributed by atoms with E-state index in [1.54, 1.807) is 48.5 Å². The zero-order valence-electron chi connectivity index (χ0n) is 14.3. The fourth-order valence-electron chi connectivity index (χ4n) is 2.38. The van der Waals surface area contributed by atoms with Crippen molar-refractivity contribution in [3.63, 3.8) is 0 Å². The molecule has 0 aromatic heterocycles. The summed E-state index contributed by atoms with van der Waals surface area (Å²) in [6.07, 6.45) is 0. The Morgan fingerprint density at radius 2 is 1.62 bits per heavy atom. The van der Waals surface area contributed by atoms with Crippen LogP contribution in [0.15, 0.2) is 48.5 Å². The van der Waals surface area contributed by atoms with Gasteiger partial charge in [-0.25, -0.2) is 9.59 Å². The lowest BCUT2D eigenvalue weighted by molar-refractivity contribution is 0.0593. The lowest BCUT2D eigenvalue weighted by atomic mass is 10.1. The molecule has 0 radical (unpaired) electrons. The second-order valence-electron chi connectivity index (χ2n) is 5.29. The molecular weight excluding hydrogens is 377 g/mol. The van der Waals surface area contributed by atoms with E-state index in [0.717, 1.165) is 5.69 Å². The number of nitrogens with zero attached hydrogens (tertiary/aromatic N) is 1. The highest BCUT2D eigenvalue weighted by atomic mass is 35.5. The number of methoxy groups -OCH3 is 1. The maximum Gasteiger partial charge on any atom is 0.343 e. The van der Waals surface area contributed by atoms with Gasteiger partial charge in [0.05, 0.1) is 12.7 Å². The third kappa shape index (κ3) is 5.13. The molecule has 0 spiro atoms. The Hall–Kier alpha value is -2.24. The zero-order valence-corrected chi connectivity index (χ0v) is 15.8. The van der Waals surface area contributed by atoms with Crippen LogP contribution in [0.3, 0.4) is 0 Å². The molecule has 7 heteroatoms. The highest BCUT2D eigenvalue weighted by molar-refractivity contribution is 6.18. The predicted octanol–water partition coefficient (Wildman–Crippen LogP) is 3.98. The van der Waals surface area contributed by atoms with Gasteiger partial charge in [0.1, 0.15) is 11.3 Å². The van der Waals surface area contributed by atoms with Gasteiger partial charge >= 0.3 is 11.9 Å². The maximum atomic E-state index is 12.4. The van der Waals surface area contributed by atoms with E-state index in [2.05, 4.69) is 0 Å². The number of anilines is 1. The van der Waals surface area contributed by atoms with Crippen molar-refractivity contribution in [3.05, 3.63) is 59.7 Å². The molecule has 0 heterocycles. The van der Waals surface area contributed by atoms with Crippen LogP contribution >= 0.6 is 23.2 Å². The fraction of sp³-hybridized carbons (Fsp3) is 0.263. The van der Waals surface area contributed by atoms with Gasteiger partial charge in [0, 0.05) is 36.6 Å². The molecule has 0 unspecified atom stereocenters. The van der Waals surface area contributed by atoms with E-state index in [1.807, 2.05) is 4.90 Å². The number of esters is 2. The van der Waals surface area contributed by atoms with E-state index in [-0.39, 0.29) is 11.3 Å². The van der Waals surface area contributed by atoms with E-state index in [0.29, 0.717) is 30.4 Å². The average molecular weight is 396 g/mol. The molecule has 0 aliphatic rings. The molecule has 26 heavy (non-hydrogen) atoms. The Morgan fingerprint density at radius 1 is 0.962 bits per heavy atom. The molecule has 2 aromatic carbocycles. The van der Waals surface area contributed by atoms with Crippen LogP contribution in [0.4, 0.5) is 5.69 Å². The minimum Gasteiger partial charge on any atom is -0.465 e. The van der Waals surface area contributed by atoms with Crippen LogP contribution in [-0.4, -0.2) is 43.9 Å². The SMILES string of the molecule is COC(=O)c1ccc(N(CCCl)CCCl)cc1OC(=O)c1ccccc1. The number of rotatable bonds is 8. The van der Waals surface area contributed by atoms with Crippen LogP contribution in [0.1, 0.15) is 20.7 Å². The number of carbonyl (C=O) groups is 2. The highest BCUT2D eigenvalue weighted by Gasteiger charge is 2.19. The summed E-state index contributed by atoms with van der Waals surface area (Å²) in [4.78, 5) is 26.3. The third-order valence-corrected chi connectivity index (χ3v) is 3.99. The monoisotopic (exact) mass is 395 g/mol. The summed E-state index contributed by atoms with van der Waals surface area (Å²) < 4.78 is 10.2. The van der Waals surface area contributed by atoms with Crippen molar-refractivity contribution in [2.24, 2.45) is 0 Å². The number of hydrogen-bond donors (Lipinski definition) is 0. The van der Waals surface area contributed by atoms with Crippen molar-refractivity contribution in [3.8, 4) is 5.75 Å². The van der Waals surface area contributed by atoms with Gasteiger partial charge in [0.25, 0.3) is 0 Å². The smallest absolute Gasteiger partial charge is 0.343 e. The molecule has 0 bridgehead atoms. The summed E-state index contributed by atoms with van der Waals surface area (Å²) in [6, 6.07) is 13.5. The van der Waals surface area contributed by atoms with Crippen LogP contribution in [0, 0.1) is 0 Å². The minimum atomic E-state index is -0.589. The third-order valence-electron chi connectivity index (χ3n) is 3.66. The van der Waals surface area contributed by atoms with Gasteiger partial charge < -0.3 is 14.4 Å². The molecule has 5 nitrogen and oxygen atoms in total. The van der Waals surface area contributed by atoms with E-state index in [1.165, 1.54) is 7.11 Å². The zero-order chi connectivity index (χ0) is 18.9. The summed E-state index contributed by atoms with van der Waals surface area (Å²) in [5.74, 6) is -0.205. The summed E-state index contributed by atoms with van der Waals surface area (Å²) in [5, 5.41) is 0. The van der Waals surface area contributed by atoms with Crippen molar-refractivity contribution in [2.75, 3.05) is 36.9 Å². The first kappa shape index (κ1) is 20.1. The van der Waals surface area contributed by atoms with Crippen molar-refractivity contribution < 1.29 is 19.1 Å². The van der Waals surface area contributed by atoms with E-state index in [4.69, 9.17) is 32.7 Å². The highest BCUT2D eigenvalue weighted by Crippen LogP contribution is 2.27. The number of alkyl halides is 2. The molecule has 0 aliphatic carbocycles. The molecule has 0 saturated heterocycles. The summed E-state index contributed by atoms with van der Waals surface area (Å²) in [6.45, 7) is 1.13. The van der Waals surface area contributed by atoms with E-state index < -0.39 is 11.9 Å². The molecule has 0 atom stereocenters. The molecule has 2 aromatic rings. The molecule has 0 aliphatic heterocycles. The molecule has 138 valence electrons. The number of carbonyl (C=O) groups excluding carboxylic acids is 2. The van der Waals surface area contributed by atoms with Crippen LogP contribution in [0.5, 0.6) is 5.75 Å². The Kier molecular flexibility index (Phi) is 7.75. The number of hydrogen-bond acceptors (Lipinski definition) is 5. The molecular formula is C19H19Cl2NO4. The molecule has 0 saturated carbocycles. The van der Waals surface area contributed by atoms with Gasteiger partial charge in [0.15, 0.2) is 0 Å². The van der Waals surface area contributed by atoms with Gasteiger partial charge in [-0.1, -0.05) is 18.2 Å². The first-order chi connectivity index (χ1) is 12.6. The second kappa shape index (κ2) is 10.0. The van der Waals surface area contributed by atoms with Crippen molar-refractivity contribution in [2.45, 2.75) is 0 Å². The van der Waals surface area contributed by atoms with E-state index in [9.17, 15) is 9.59 Å². The second-order valence-corrected chi connectivity index (χ2v) is 6.05. The Bertz CT molecular complexity index is 746. The maximum absolute atomic E-state index is 12.4. The Balaban J connectivity index is 2.37. The Labute approximate surface area is 162 Å². The predicted molar refractivity (Wildman–Crippen MR) is 103 cm³/mol. The summed E-state index contributed by atoms with van der Waals surface area (Å²) in [5.41, 5.74) is 1.29. The van der Waals surface area contributed by atoms with Gasteiger partial charge in [-0.2, -0.15) is 0 Å². The molecule has 2 rings (SSSR count). The standard InChI is InChI=1S/C19H19Cl2NO4/c1-25-19(24)16-8-7-15(22(11-9-20)12-10-21)13-17(16)26-18(23)14-5-3-2-4-6-14/h2-8,13H,9-12H2,1H3. The van der Waals surface area contributed by atoms with Gasteiger partial charge in [-0.05, 0) is 24.3 Å². The number of benzene rings is 2. The lowest BCUT2D eigenvalue weighted by Crippen LogP contribution is -2.27. The van der Waals surface area contributed by atoms with Gasteiger partial charge in [-0.15, -0.1) is 23.2 Å². The number of halogens is 2. The van der Waals surface area contributed by atoms with Crippen molar-refractivity contribution in [1.82, 2.24) is 0 Å². The molecule has 0 fully saturated rings. The first-order valence-corrected chi connectivity index (χ1v) is 9.04. The summed E-state index contributed by atoms with van der Waals surface area (Å²) >= 11 is 11.7. The van der Waals surface area contributed by atoms with Crippen LogP contribution in [0.25, 0.3) is 0 Å². The first-order valence-electron chi connectivity index (χ1n) is 7.97. The number of ether oxygens (including phenoxy) is 2. The fourth-order valence-corrected chi connectivity index (χ4v) is 2.79. The largest absolute Gasteiger partial charge is 0.465 e. The van der Waals surface area contributed by atoms with Crippen LogP contribution in [0.2, 0.25) is 0 Å². The average Bonchev–Trinajstić information content (AvgIpc) is 2.68. The molecule has 0 N–H and O–H groups in total. The van der Waals surface area contributed by atoms with Crippen molar-refractivity contribution in [1.29, 1.82) is 0 Å².